The predicted molar refractivity (Wildman–Crippen MR) is 132 cm³/mol. The van der Waals surface area contributed by atoms with Crippen molar-refractivity contribution in [2.75, 3.05) is 0 Å². The molecular weight excluding hydrogens is 458 g/mol. The van der Waals surface area contributed by atoms with E-state index in [4.69, 9.17) is 0 Å². The van der Waals surface area contributed by atoms with Crippen molar-refractivity contribution < 1.29 is 0 Å². The maximum Gasteiger partial charge on any atom is 0.0363 e. The Morgan fingerprint density at radius 2 is 1.48 bits per heavy atom. The molecule has 0 saturated heterocycles. The maximum absolute atomic E-state index is 3.03. The van der Waals surface area contributed by atoms with Crippen molar-refractivity contribution in [2.45, 2.75) is 17.3 Å². The van der Waals surface area contributed by atoms with Gasteiger partial charge in [0.2, 0.25) is 0 Å². The van der Waals surface area contributed by atoms with Gasteiger partial charge in [0.1, 0.15) is 0 Å². The smallest absolute Gasteiger partial charge is 0.0363 e. The second-order valence-electron chi connectivity index (χ2n) is 7.16. The zero-order valence-electron chi connectivity index (χ0n) is 15.2. The topological polar surface area (TPSA) is 0 Å². The molecule has 0 aromatic heterocycles. The van der Waals surface area contributed by atoms with Gasteiger partial charge in [0.15, 0.2) is 0 Å². The van der Waals surface area contributed by atoms with Crippen molar-refractivity contribution in [3.8, 4) is 11.1 Å². The minimum Gasteiger partial charge on any atom is -0.104 e. The molecule has 132 valence electrons. The Hall–Kier alpha value is -1.70. The number of benzene rings is 5. The first-order valence-corrected chi connectivity index (χ1v) is 11.2. The van der Waals surface area contributed by atoms with Crippen molar-refractivity contribution in [2.24, 2.45) is 0 Å². The van der Waals surface area contributed by atoms with E-state index in [0.29, 0.717) is 3.92 Å². The monoisotopic (exact) mass is 478 g/mol. The highest BCUT2D eigenvalue weighted by Gasteiger charge is 2.17. The highest BCUT2D eigenvalue weighted by atomic mass is 127. The van der Waals surface area contributed by atoms with E-state index in [9.17, 15) is 0 Å². The molecule has 27 heavy (non-hydrogen) atoms. The maximum atomic E-state index is 3.03. The fraction of sp³-hybridized carbons (Fsp3) is 0.120. The lowest BCUT2D eigenvalue weighted by atomic mass is 9.89. The summed E-state index contributed by atoms with van der Waals surface area (Å²) >= 11 is 2.57. The molecule has 0 bridgehead atoms. The fourth-order valence-corrected chi connectivity index (χ4v) is 5.31. The van der Waals surface area contributed by atoms with Gasteiger partial charge in [-0.25, -0.2) is 0 Å². The molecule has 0 aliphatic rings. The summed E-state index contributed by atoms with van der Waals surface area (Å²) in [4.78, 5) is 0. The van der Waals surface area contributed by atoms with Crippen LogP contribution in [0.15, 0.2) is 72.8 Å². The number of hydrogen-bond donors (Lipinski definition) is 0. The molecule has 0 spiro atoms. The zero-order valence-corrected chi connectivity index (χ0v) is 18.5. The highest BCUT2D eigenvalue weighted by molar-refractivity contribution is 14.1. The standard InChI is InChI=1S/C25H20IP/c1-2-22(26)19-9-4-3-8-18(19)21-14-17-11-10-15-6-5-7-16-12-13-20(25(21)27)24(17)23(15)16/h3-14,22H,2,27H2,1H3. The van der Waals surface area contributed by atoms with E-state index in [1.165, 1.54) is 54.3 Å². The molecule has 0 heterocycles. The summed E-state index contributed by atoms with van der Waals surface area (Å²) in [7, 11) is 3.03. The van der Waals surface area contributed by atoms with Gasteiger partial charge in [-0.3, -0.25) is 0 Å². The molecule has 2 unspecified atom stereocenters. The van der Waals surface area contributed by atoms with Crippen molar-refractivity contribution >= 4 is 69.5 Å². The SMILES string of the molecule is CCC(I)c1ccccc1-c1cc2ccc3cccc4ccc(c1P)c2c34. The Balaban J connectivity index is 1.90. The molecule has 5 rings (SSSR count). The van der Waals surface area contributed by atoms with Crippen LogP contribution in [0.5, 0.6) is 0 Å². The molecule has 0 aliphatic heterocycles. The van der Waals surface area contributed by atoms with Gasteiger partial charge in [0, 0.05) is 3.92 Å². The second kappa shape index (κ2) is 6.72. The van der Waals surface area contributed by atoms with Gasteiger partial charge >= 0.3 is 0 Å². The summed E-state index contributed by atoms with van der Waals surface area (Å²) in [6, 6.07) is 26.9. The van der Waals surface area contributed by atoms with Gasteiger partial charge in [0.05, 0.1) is 0 Å². The second-order valence-corrected chi connectivity index (χ2v) is 9.24. The minimum absolute atomic E-state index is 0.522. The quantitative estimate of drug-likeness (QED) is 0.108. The Morgan fingerprint density at radius 3 is 2.26 bits per heavy atom. The first-order chi connectivity index (χ1) is 13.2. The van der Waals surface area contributed by atoms with Crippen LogP contribution in [0.2, 0.25) is 0 Å². The Labute approximate surface area is 175 Å². The van der Waals surface area contributed by atoms with Crippen LogP contribution >= 0.6 is 31.8 Å². The van der Waals surface area contributed by atoms with Gasteiger partial charge in [-0.15, -0.1) is 9.24 Å². The normalized spacial score (nSPS) is 13.0. The lowest BCUT2D eigenvalue weighted by molar-refractivity contribution is 0.930. The highest BCUT2D eigenvalue weighted by Crippen LogP contribution is 2.40. The molecule has 0 nitrogen and oxygen atoms in total. The van der Waals surface area contributed by atoms with Crippen molar-refractivity contribution in [1.82, 2.24) is 0 Å². The zero-order chi connectivity index (χ0) is 18.5. The van der Waals surface area contributed by atoms with Crippen LogP contribution in [0.25, 0.3) is 43.4 Å². The summed E-state index contributed by atoms with van der Waals surface area (Å²) in [5, 5.41) is 9.38. The minimum atomic E-state index is 0.522. The van der Waals surface area contributed by atoms with Crippen LogP contribution in [0.4, 0.5) is 0 Å². The summed E-state index contributed by atoms with van der Waals surface area (Å²) in [6.45, 7) is 2.26. The Bertz CT molecular complexity index is 1270. The van der Waals surface area contributed by atoms with E-state index >= 15 is 0 Å². The molecule has 0 fully saturated rings. The van der Waals surface area contributed by atoms with E-state index in [1.54, 1.807) is 0 Å². The lowest BCUT2D eigenvalue weighted by Gasteiger charge is -2.19. The van der Waals surface area contributed by atoms with Gasteiger partial charge in [0.25, 0.3) is 0 Å². The fourth-order valence-electron chi connectivity index (χ4n) is 4.29. The number of hydrogen-bond acceptors (Lipinski definition) is 0. The van der Waals surface area contributed by atoms with Crippen LogP contribution in [0.3, 0.4) is 0 Å². The van der Waals surface area contributed by atoms with E-state index in [0.717, 1.165) is 6.42 Å². The average molecular weight is 478 g/mol. The molecule has 0 aliphatic carbocycles. The molecule has 5 aromatic rings. The van der Waals surface area contributed by atoms with Crippen LogP contribution in [-0.2, 0) is 0 Å². The number of rotatable bonds is 3. The number of alkyl halides is 1. The largest absolute Gasteiger partial charge is 0.104 e. The summed E-state index contributed by atoms with van der Waals surface area (Å²) in [5.41, 5.74) is 4.11. The first kappa shape index (κ1) is 17.4. The van der Waals surface area contributed by atoms with E-state index in [1.807, 2.05) is 0 Å². The molecule has 2 atom stereocenters. The molecular formula is C25H20IP. The van der Waals surface area contributed by atoms with Gasteiger partial charge in [-0.2, -0.15) is 0 Å². The third-order valence-corrected chi connectivity index (χ3v) is 7.81. The average Bonchev–Trinajstić information content (AvgIpc) is 2.72. The summed E-state index contributed by atoms with van der Waals surface area (Å²) in [5.74, 6) is 0. The van der Waals surface area contributed by atoms with Crippen LogP contribution in [-0.4, -0.2) is 0 Å². The van der Waals surface area contributed by atoms with Gasteiger partial charge in [-0.1, -0.05) is 96.2 Å². The lowest BCUT2D eigenvalue weighted by Crippen LogP contribution is -2.03. The first-order valence-electron chi connectivity index (χ1n) is 9.38. The van der Waals surface area contributed by atoms with Crippen molar-refractivity contribution in [3.05, 3.63) is 78.4 Å². The van der Waals surface area contributed by atoms with Gasteiger partial charge < -0.3 is 0 Å². The van der Waals surface area contributed by atoms with Crippen LogP contribution < -0.4 is 5.30 Å². The molecule has 5 aromatic carbocycles. The van der Waals surface area contributed by atoms with Crippen LogP contribution in [0.1, 0.15) is 22.8 Å². The summed E-state index contributed by atoms with van der Waals surface area (Å²) < 4.78 is 0.522. The van der Waals surface area contributed by atoms with E-state index in [2.05, 4.69) is 112 Å². The molecule has 0 amide bonds. The van der Waals surface area contributed by atoms with E-state index in [-0.39, 0.29) is 0 Å². The molecule has 2 heteroatoms. The Morgan fingerprint density at radius 1 is 0.778 bits per heavy atom. The molecule has 0 saturated carbocycles. The van der Waals surface area contributed by atoms with E-state index < -0.39 is 0 Å². The third kappa shape index (κ3) is 2.67. The third-order valence-electron chi connectivity index (χ3n) is 5.64. The number of halogens is 1. The summed E-state index contributed by atoms with van der Waals surface area (Å²) in [6.07, 6.45) is 1.14. The van der Waals surface area contributed by atoms with Crippen molar-refractivity contribution in [1.29, 1.82) is 0 Å². The molecule has 0 N–H and O–H groups in total. The van der Waals surface area contributed by atoms with Crippen LogP contribution in [0, 0.1) is 0 Å². The van der Waals surface area contributed by atoms with Crippen molar-refractivity contribution in [3.63, 3.8) is 0 Å². The van der Waals surface area contributed by atoms with Gasteiger partial charge in [-0.05, 0) is 66.8 Å². The molecule has 0 radical (unpaired) electrons. The Kier molecular flexibility index (Phi) is 4.33. The predicted octanol–water partition coefficient (Wildman–Crippen LogP) is 7.64.